The van der Waals surface area contributed by atoms with E-state index in [0.29, 0.717) is 5.82 Å². The zero-order valence-corrected chi connectivity index (χ0v) is 10.1. The predicted octanol–water partition coefficient (Wildman–Crippen LogP) is 2.51. The third-order valence-electron chi connectivity index (χ3n) is 2.48. The van der Waals surface area contributed by atoms with Crippen molar-refractivity contribution in [2.24, 2.45) is 7.05 Å². The first-order valence-corrected chi connectivity index (χ1v) is 5.39. The molecule has 2 aromatic rings. The number of hydrogen-bond acceptors (Lipinski definition) is 2. The van der Waals surface area contributed by atoms with Gasteiger partial charge in [0.2, 0.25) is 0 Å². The van der Waals surface area contributed by atoms with Gasteiger partial charge < -0.3 is 5.32 Å². The van der Waals surface area contributed by atoms with Crippen LogP contribution in [-0.2, 0) is 7.05 Å². The molecule has 0 saturated carbocycles. The quantitative estimate of drug-likeness (QED) is 0.857. The molecule has 18 heavy (non-hydrogen) atoms. The second-order valence-electron chi connectivity index (χ2n) is 3.85. The number of urea groups is 1. The zero-order chi connectivity index (χ0) is 13.1. The molecule has 0 unspecified atom stereocenters. The molecule has 0 bridgehead atoms. The Bertz CT molecular complexity index is 560. The standard InChI is InChI=1S/C12H13FN4O/c1-8-7-11(16-17(8)2)15-12(18)14-10-6-4-3-5-9(10)13/h3-7H,1-2H3,(H2,14,15,16,18). The molecule has 2 N–H and O–H groups in total. The minimum Gasteiger partial charge on any atom is -0.305 e. The Labute approximate surface area is 104 Å². The van der Waals surface area contributed by atoms with E-state index in [-0.39, 0.29) is 5.69 Å². The molecule has 1 heterocycles. The summed E-state index contributed by atoms with van der Waals surface area (Å²) in [6, 6.07) is 7.16. The molecule has 1 aromatic carbocycles. The molecule has 0 radical (unpaired) electrons. The van der Waals surface area contributed by atoms with Gasteiger partial charge in [-0.05, 0) is 19.1 Å². The summed E-state index contributed by atoms with van der Waals surface area (Å²) in [7, 11) is 1.77. The first-order chi connectivity index (χ1) is 8.56. The summed E-state index contributed by atoms with van der Waals surface area (Å²) < 4.78 is 14.9. The van der Waals surface area contributed by atoms with Crippen molar-refractivity contribution in [1.82, 2.24) is 9.78 Å². The Morgan fingerprint density at radius 1 is 1.33 bits per heavy atom. The van der Waals surface area contributed by atoms with E-state index in [1.807, 2.05) is 6.92 Å². The van der Waals surface area contributed by atoms with Crippen LogP contribution in [0.2, 0.25) is 0 Å². The summed E-state index contributed by atoms with van der Waals surface area (Å²) in [5.41, 5.74) is 1.04. The molecule has 5 nitrogen and oxygen atoms in total. The number of aromatic nitrogens is 2. The summed E-state index contributed by atoms with van der Waals surface area (Å²) in [5, 5.41) is 9.01. The number of rotatable bonds is 2. The van der Waals surface area contributed by atoms with E-state index in [0.717, 1.165) is 5.69 Å². The van der Waals surface area contributed by atoms with Gasteiger partial charge in [-0.3, -0.25) is 10.00 Å². The maximum absolute atomic E-state index is 13.3. The Kier molecular flexibility index (Phi) is 3.27. The second-order valence-corrected chi connectivity index (χ2v) is 3.85. The van der Waals surface area contributed by atoms with Crippen LogP contribution < -0.4 is 10.6 Å². The molecular weight excluding hydrogens is 235 g/mol. The van der Waals surface area contributed by atoms with E-state index in [1.54, 1.807) is 29.9 Å². The molecular formula is C12H13FN4O. The number of halogens is 1. The highest BCUT2D eigenvalue weighted by atomic mass is 19.1. The van der Waals surface area contributed by atoms with Crippen molar-refractivity contribution in [2.75, 3.05) is 10.6 Å². The molecule has 94 valence electrons. The molecule has 1 aromatic heterocycles. The first kappa shape index (κ1) is 12.1. The molecule has 0 aliphatic heterocycles. The monoisotopic (exact) mass is 248 g/mol. The van der Waals surface area contributed by atoms with Crippen molar-refractivity contribution in [3.8, 4) is 0 Å². The Hall–Kier alpha value is -2.37. The average Bonchev–Trinajstić information content (AvgIpc) is 2.61. The number of amides is 2. The molecule has 0 saturated heterocycles. The van der Waals surface area contributed by atoms with Gasteiger partial charge in [0.05, 0.1) is 5.69 Å². The highest BCUT2D eigenvalue weighted by Gasteiger charge is 2.08. The van der Waals surface area contributed by atoms with Gasteiger partial charge in [0, 0.05) is 18.8 Å². The molecule has 0 spiro atoms. The van der Waals surface area contributed by atoms with Crippen molar-refractivity contribution in [3.63, 3.8) is 0 Å². The van der Waals surface area contributed by atoms with Crippen LogP contribution in [0.15, 0.2) is 30.3 Å². The van der Waals surface area contributed by atoms with Crippen molar-refractivity contribution in [3.05, 3.63) is 41.8 Å². The third kappa shape index (κ3) is 2.65. The first-order valence-electron chi connectivity index (χ1n) is 5.39. The fraction of sp³-hybridized carbons (Fsp3) is 0.167. The number of carbonyl (C=O) groups excluding carboxylic acids is 1. The van der Waals surface area contributed by atoms with Crippen molar-refractivity contribution >= 4 is 17.5 Å². The smallest absolute Gasteiger partial charge is 0.305 e. The summed E-state index contributed by atoms with van der Waals surface area (Å²) in [4.78, 5) is 11.6. The summed E-state index contributed by atoms with van der Waals surface area (Å²) in [5.74, 6) is -0.0614. The van der Waals surface area contributed by atoms with Crippen LogP contribution in [0.4, 0.5) is 20.7 Å². The Morgan fingerprint density at radius 3 is 2.67 bits per heavy atom. The highest BCUT2D eigenvalue weighted by Crippen LogP contribution is 2.13. The third-order valence-corrected chi connectivity index (χ3v) is 2.48. The molecule has 0 aliphatic carbocycles. The Balaban J connectivity index is 2.03. The summed E-state index contributed by atoms with van der Waals surface area (Å²) in [6.07, 6.45) is 0. The number of anilines is 2. The topological polar surface area (TPSA) is 59.0 Å². The lowest BCUT2D eigenvalue weighted by Gasteiger charge is -2.05. The second kappa shape index (κ2) is 4.87. The van der Waals surface area contributed by atoms with Crippen LogP contribution in [0.5, 0.6) is 0 Å². The number of nitrogens with zero attached hydrogens (tertiary/aromatic N) is 2. The minimum absolute atomic E-state index is 0.127. The van der Waals surface area contributed by atoms with Crippen molar-refractivity contribution in [1.29, 1.82) is 0 Å². The highest BCUT2D eigenvalue weighted by molar-refractivity contribution is 5.99. The van der Waals surface area contributed by atoms with Crippen molar-refractivity contribution in [2.45, 2.75) is 6.92 Å². The van der Waals surface area contributed by atoms with Gasteiger partial charge in [-0.25, -0.2) is 9.18 Å². The van der Waals surface area contributed by atoms with Crippen LogP contribution in [0.25, 0.3) is 0 Å². The van der Waals surface area contributed by atoms with Gasteiger partial charge in [-0.2, -0.15) is 5.10 Å². The number of nitrogens with one attached hydrogen (secondary N) is 2. The SMILES string of the molecule is Cc1cc(NC(=O)Nc2ccccc2F)nn1C. The normalized spacial score (nSPS) is 10.2. The van der Waals surface area contributed by atoms with Gasteiger partial charge in [0.1, 0.15) is 5.82 Å². The maximum Gasteiger partial charge on any atom is 0.324 e. The molecule has 0 aliphatic rings. The molecule has 2 rings (SSSR count). The number of carbonyl (C=O) groups is 1. The van der Waals surface area contributed by atoms with Gasteiger partial charge in [-0.1, -0.05) is 12.1 Å². The molecule has 2 amide bonds. The summed E-state index contributed by atoms with van der Waals surface area (Å²) in [6.45, 7) is 1.87. The van der Waals surface area contributed by atoms with Crippen LogP contribution >= 0.6 is 0 Å². The number of aryl methyl sites for hydroxylation is 2. The largest absolute Gasteiger partial charge is 0.324 e. The maximum atomic E-state index is 13.3. The molecule has 0 atom stereocenters. The lowest BCUT2D eigenvalue weighted by atomic mass is 10.3. The van der Waals surface area contributed by atoms with Gasteiger partial charge in [0.15, 0.2) is 5.82 Å². The fourth-order valence-electron chi connectivity index (χ4n) is 1.45. The number of benzene rings is 1. The van der Waals surface area contributed by atoms with Gasteiger partial charge >= 0.3 is 6.03 Å². The molecule has 0 fully saturated rings. The lowest BCUT2D eigenvalue weighted by molar-refractivity contribution is 0.262. The minimum atomic E-state index is -0.529. The molecule has 6 heteroatoms. The van der Waals surface area contributed by atoms with E-state index < -0.39 is 11.8 Å². The average molecular weight is 248 g/mol. The van der Waals surface area contributed by atoms with Gasteiger partial charge in [-0.15, -0.1) is 0 Å². The number of para-hydroxylation sites is 1. The van der Waals surface area contributed by atoms with E-state index in [9.17, 15) is 9.18 Å². The van der Waals surface area contributed by atoms with Gasteiger partial charge in [0.25, 0.3) is 0 Å². The van der Waals surface area contributed by atoms with E-state index in [4.69, 9.17) is 0 Å². The Morgan fingerprint density at radius 2 is 2.06 bits per heavy atom. The zero-order valence-electron chi connectivity index (χ0n) is 10.1. The van der Waals surface area contributed by atoms with E-state index in [2.05, 4.69) is 15.7 Å². The van der Waals surface area contributed by atoms with Crippen molar-refractivity contribution < 1.29 is 9.18 Å². The van der Waals surface area contributed by atoms with E-state index in [1.165, 1.54) is 12.1 Å². The van der Waals surface area contributed by atoms with Crippen LogP contribution in [0, 0.1) is 12.7 Å². The van der Waals surface area contributed by atoms with Crippen LogP contribution in [0.1, 0.15) is 5.69 Å². The predicted molar refractivity (Wildman–Crippen MR) is 67.0 cm³/mol. The fourth-order valence-corrected chi connectivity index (χ4v) is 1.45. The lowest BCUT2D eigenvalue weighted by Crippen LogP contribution is -2.20. The summed E-state index contributed by atoms with van der Waals surface area (Å²) >= 11 is 0. The van der Waals surface area contributed by atoms with Crippen LogP contribution in [-0.4, -0.2) is 15.8 Å². The number of hydrogen-bond donors (Lipinski definition) is 2. The van der Waals surface area contributed by atoms with E-state index >= 15 is 0 Å². The van der Waals surface area contributed by atoms with Crippen LogP contribution in [0.3, 0.4) is 0 Å².